The van der Waals surface area contributed by atoms with Crippen LogP contribution in [0.1, 0.15) is 35.3 Å². The molecule has 8 heteroatoms. The number of anilines is 1. The minimum Gasteiger partial charge on any atom is -0.493 e. The third-order valence-corrected chi connectivity index (χ3v) is 6.68. The number of nitrogens with zero attached hydrogens (tertiary/aromatic N) is 3. The van der Waals surface area contributed by atoms with Gasteiger partial charge in [-0.2, -0.15) is 0 Å². The molecule has 174 valence electrons. The van der Waals surface area contributed by atoms with Gasteiger partial charge in [0.25, 0.3) is 5.91 Å². The maximum absolute atomic E-state index is 13.6. The lowest BCUT2D eigenvalue weighted by Gasteiger charge is -2.25. The van der Waals surface area contributed by atoms with Gasteiger partial charge in [0, 0.05) is 18.7 Å². The first-order valence-corrected chi connectivity index (χ1v) is 11.4. The van der Waals surface area contributed by atoms with Gasteiger partial charge in [-0.1, -0.05) is 31.3 Å². The molecule has 0 saturated heterocycles. The van der Waals surface area contributed by atoms with Crippen molar-refractivity contribution in [2.45, 2.75) is 27.7 Å². The normalized spacial score (nSPS) is 10.8. The number of fused-ring (bicyclic) bond motifs is 1. The first kappa shape index (κ1) is 25.9. The lowest BCUT2D eigenvalue weighted by atomic mass is 10.1. The van der Waals surface area contributed by atoms with Crippen molar-refractivity contribution in [1.82, 2.24) is 9.88 Å². The summed E-state index contributed by atoms with van der Waals surface area (Å²) < 4.78 is 11.8. The molecule has 1 aromatic heterocycles. The number of aromatic nitrogens is 1. The second kappa shape index (κ2) is 11.5. The summed E-state index contributed by atoms with van der Waals surface area (Å²) in [5.41, 5.74) is 3.83. The summed E-state index contributed by atoms with van der Waals surface area (Å²) in [7, 11) is 3.16. The van der Waals surface area contributed by atoms with Gasteiger partial charge in [-0.15, -0.1) is 12.4 Å². The molecular weight excluding hydrogens is 446 g/mol. The number of carbonyl (C=O) groups is 1. The molecule has 3 aromatic rings. The number of rotatable bonds is 9. The van der Waals surface area contributed by atoms with E-state index in [1.807, 2.05) is 0 Å². The summed E-state index contributed by atoms with van der Waals surface area (Å²) in [6.45, 7) is 11.6. The molecule has 0 N–H and O–H groups in total. The molecule has 2 aromatic carbocycles. The Hall–Kier alpha value is -2.35. The van der Waals surface area contributed by atoms with E-state index in [-0.39, 0.29) is 18.3 Å². The SMILES string of the molecule is CCN(CC)CCN(C(=O)c1ccc(OC)c(OC)c1)c1nc2cc(C)cc(C)c2s1.Cl. The highest BCUT2D eigenvalue weighted by atomic mass is 35.5. The van der Waals surface area contributed by atoms with E-state index in [0.29, 0.717) is 23.6 Å². The number of methoxy groups -OCH3 is 2. The predicted octanol–water partition coefficient (Wildman–Crippen LogP) is 5.34. The number of likely N-dealkylation sites (N-methyl/N-ethyl adjacent to an activating group) is 1. The average molecular weight is 478 g/mol. The maximum Gasteiger partial charge on any atom is 0.260 e. The molecule has 0 spiro atoms. The van der Waals surface area contributed by atoms with E-state index in [0.717, 1.165) is 35.0 Å². The molecule has 3 rings (SSSR count). The second-order valence-electron chi connectivity index (χ2n) is 7.48. The van der Waals surface area contributed by atoms with E-state index in [1.54, 1.807) is 48.7 Å². The van der Waals surface area contributed by atoms with Gasteiger partial charge < -0.3 is 14.4 Å². The van der Waals surface area contributed by atoms with Crippen molar-refractivity contribution in [2.75, 3.05) is 45.3 Å². The molecule has 0 aliphatic carbocycles. The number of halogens is 1. The first-order chi connectivity index (χ1) is 14.9. The van der Waals surface area contributed by atoms with E-state index in [1.165, 1.54) is 11.1 Å². The van der Waals surface area contributed by atoms with Gasteiger partial charge in [-0.05, 0) is 62.3 Å². The molecule has 0 aliphatic heterocycles. The molecule has 0 fully saturated rings. The Labute approximate surface area is 200 Å². The predicted molar refractivity (Wildman–Crippen MR) is 135 cm³/mol. The van der Waals surface area contributed by atoms with Crippen LogP contribution in [0.4, 0.5) is 5.13 Å². The molecule has 6 nitrogen and oxygen atoms in total. The van der Waals surface area contributed by atoms with E-state index in [2.05, 4.69) is 44.7 Å². The zero-order valence-corrected chi connectivity index (χ0v) is 21.2. The van der Waals surface area contributed by atoms with Crippen LogP contribution in [0.3, 0.4) is 0 Å². The van der Waals surface area contributed by atoms with Gasteiger partial charge in [0.2, 0.25) is 0 Å². The number of aryl methyl sites for hydroxylation is 2. The Bertz CT molecular complexity index is 1070. The highest BCUT2D eigenvalue weighted by Gasteiger charge is 2.23. The van der Waals surface area contributed by atoms with Crippen LogP contribution >= 0.6 is 23.7 Å². The number of thiazole rings is 1. The minimum atomic E-state index is -0.0958. The van der Waals surface area contributed by atoms with Crippen LogP contribution in [0.5, 0.6) is 11.5 Å². The number of ether oxygens (including phenoxy) is 2. The van der Waals surface area contributed by atoms with Crippen molar-refractivity contribution < 1.29 is 14.3 Å². The number of hydrogen-bond donors (Lipinski definition) is 0. The average Bonchev–Trinajstić information content (AvgIpc) is 3.19. The van der Waals surface area contributed by atoms with Crippen LogP contribution in [-0.2, 0) is 0 Å². The van der Waals surface area contributed by atoms with Crippen molar-refractivity contribution >= 4 is 45.0 Å². The Morgan fingerprint density at radius 3 is 2.31 bits per heavy atom. The topological polar surface area (TPSA) is 54.9 Å². The summed E-state index contributed by atoms with van der Waals surface area (Å²) in [5.74, 6) is 1.04. The molecular formula is C24H32ClN3O3S. The smallest absolute Gasteiger partial charge is 0.260 e. The number of hydrogen-bond acceptors (Lipinski definition) is 6. The van der Waals surface area contributed by atoms with Crippen molar-refractivity contribution in [1.29, 1.82) is 0 Å². The van der Waals surface area contributed by atoms with Crippen LogP contribution in [0, 0.1) is 13.8 Å². The molecule has 0 aliphatic rings. The molecule has 0 bridgehead atoms. The fourth-order valence-corrected chi connectivity index (χ4v) is 4.71. The summed E-state index contributed by atoms with van der Waals surface area (Å²) >= 11 is 1.57. The fourth-order valence-electron chi connectivity index (χ4n) is 3.67. The number of carbonyl (C=O) groups excluding carboxylic acids is 1. The maximum atomic E-state index is 13.6. The van der Waals surface area contributed by atoms with Gasteiger partial charge in [-0.25, -0.2) is 4.98 Å². The zero-order valence-electron chi connectivity index (χ0n) is 19.6. The van der Waals surface area contributed by atoms with Gasteiger partial charge in [0.15, 0.2) is 16.6 Å². The molecule has 0 radical (unpaired) electrons. The molecule has 1 amide bonds. The van der Waals surface area contributed by atoms with Gasteiger partial charge in [-0.3, -0.25) is 9.69 Å². The Morgan fingerprint density at radius 1 is 1.00 bits per heavy atom. The van der Waals surface area contributed by atoms with Crippen molar-refractivity contribution in [2.24, 2.45) is 0 Å². The summed E-state index contributed by atoms with van der Waals surface area (Å²) in [5, 5.41) is 0.718. The van der Waals surface area contributed by atoms with Crippen molar-refractivity contribution in [3.8, 4) is 11.5 Å². The summed E-state index contributed by atoms with van der Waals surface area (Å²) in [6, 6.07) is 9.50. The molecule has 32 heavy (non-hydrogen) atoms. The lowest BCUT2D eigenvalue weighted by molar-refractivity contribution is 0.0983. The van der Waals surface area contributed by atoms with Crippen LogP contribution in [-0.4, -0.2) is 56.2 Å². The largest absolute Gasteiger partial charge is 0.493 e. The van der Waals surface area contributed by atoms with Crippen molar-refractivity contribution in [3.63, 3.8) is 0 Å². The second-order valence-corrected chi connectivity index (χ2v) is 8.46. The summed E-state index contributed by atoms with van der Waals surface area (Å²) in [6.07, 6.45) is 0. The Balaban J connectivity index is 0.00000363. The summed E-state index contributed by atoms with van der Waals surface area (Å²) in [4.78, 5) is 22.5. The number of amides is 1. The molecule has 0 atom stereocenters. The monoisotopic (exact) mass is 477 g/mol. The molecule has 0 unspecified atom stereocenters. The van der Waals surface area contributed by atoms with Crippen LogP contribution in [0.15, 0.2) is 30.3 Å². The van der Waals surface area contributed by atoms with Crippen LogP contribution in [0.2, 0.25) is 0 Å². The third-order valence-electron chi connectivity index (χ3n) is 5.45. The molecule has 1 heterocycles. The highest BCUT2D eigenvalue weighted by molar-refractivity contribution is 7.22. The zero-order chi connectivity index (χ0) is 22.5. The van der Waals surface area contributed by atoms with Crippen LogP contribution in [0.25, 0.3) is 10.2 Å². The van der Waals surface area contributed by atoms with E-state index < -0.39 is 0 Å². The minimum absolute atomic E-state index is 0. The van der Waals surface area contributed by atoms with E-state index >= 15 is 0 Å². The Morgan fingerprint density at radius 2 is 1.69 bits per heavy atom. The molecule has 0 saturated carbocycles. The number of benzene rings is 2. The van der Waals surface area contributed by atoms with Gasteiger partial charge >= 0.3 is 0 Å². The third kappa shape index (κ3) is 5.52. The Kier molecular flexibility index (Phi) is 9.31. The first-order valence-electron chi connectivity index (χ1n) is 10.6. The van der Waals surface area contributed by atoms with Crippen molar-refractivity contribution in [3.05, 3.63) is 47.0 Å². The van der Waals surface area contributed by atoms with E-state index in [9.17, 15) is 4.79 Å². The standard InChI is InChI=1S/C24H31N3O3S.ClH/c1-7-26(8-2)11-12-27(23(28)18-9-10-20(29-5)21(15-18)30-6)24-25-19-14-16(3)13-17(4)22(19)31-24;/h9-10,13-15H,7-8,11-12H2,1-6H3;1H. The van der Waals surface area contributed by atoms with Gasteiger partial charge in [0.1, 0.15) is 0 Å². The van der Waals surface area contributed by atoms with Crippen LogP contribution < -0.4 is 14.4 Å². The highest BCUT2D eigenvalue weighted by Crippen LogP contribution is 2.34. The quantitative estimate of drug-likeness (QED) is 0.416. The van der Waals surface area contributed by atoms with Gasteiger partial charge in [0.05, 0.1) is 24.4 Å². The fraction of sp³-hybridized carbons (Fsp3) is 0.417. The lowest BCUT2D eigenvalue weighted by Crippen LogP contribution is -2.38. The van der Waals surface area contributed by atoms with E-state index in [4.69, 9.17) is 14.5 Å².